The van der Waals surface area contributed by atoms with Gasteiger partial charge in [-0.05, 0) is 35.9 Å². The summed E-state index contributed by atoms with van der Waals surface area (Å²) in [4.78, 5) is 16.2. The third-order valence-electron chi connectivity index (χ3n) is 3.56. The van der Waals surface area contributed by atoms with Gasteiger partial charge in [0.1, 0.15) is 0 Å². The number of rotatable bonds is 3. The summed E-state index contributed by atoms with van der Waals surface area (Å²) in [6.07, 6.45) is -1.52. The molecule has 0 aliphatic carbocycles. The summed E-state index contributed by atoms with van der Waals surface area (Å²) in [5, 5.41) is 2.69. The van der Waals surface area contributed by atoms with Crippen molar-refractivity contribution >= 4 is 11.6 Å². The van der Waals surface area contributed by atoms with Crippen LogP contribution in [0.1, 0.15) is 15.9 Å². The number of carbonyl (C=O) groups excluding carboxylic acids is 1. The first-order chi connectivity index (χ1) is 11.9. The lowest BCUT2D eigenvalue weighted by Crippen LogP contribution is -2.11. The van der Waals surface area contributed by atoms with Crippen LogP contribution in [0.3, 0.4) is 0 Å². The number of nitrogens with one attached hydrogen (secondary N) is 1. The normalized spacial score (nSPS) is 11.2. The number of pyridine rings is 1. The SMILES string of the molecule is O=C(Nc1cncc(-c2cccc(C(F)(F)F)c2)c1)c1ccccc1. The maximum absolute atomic E-state index is 12.8. The van der Waals surface area contributed by atoms with Crippen molar-refractivity contribution in [3.05, 3.63) is 84.2 Å². The third-order valence-corrected chi connectivity index (χ3v) is 3.56. The summed E-state index contributed by atoms with van der Waals surface area (Å²) < 4.78 is 38.5. The summed E-state index contributed by atoms with van der Waals surface area (Å²) in [6, 6.07) is 15.2. The molecule has 0 aliphatic heterocycles. The van der Waals surface area contributed by atoms with Gasteiger partial charge in [-0.2, -0.15) is 13.2 Å². The van der Waals surface area contributed by atoms with Gasteiger partial charge in [-0.1, -0.05) is 30.3 Å². The maximum Gasteiger partial charge on any atom is 0.416 e. The predicted molar refractivity (Wildman–Crippen MR) is 89.1 cm³/mol. The van der Waals surface area contributed by atoms with Crippen LogP contribution >= 0.6 is 0 Å². The molecule has 6 heteroatoms. The smallest absolute Gasteiger partial charge is 0.321 e. The van der Waals surface area contributed by atoms with E-state index in [0.717, 1.165) is 12.1 Å². The summed E-state index contributed by atoms with van der Waals surface area (Å²) in [5.74, 6) is -0.316. The van der Waals surface area contributed by atoms with E-state index in [9.17, 15) is 18.0 Å². The van der Waals surface area contributed by atoms with Crippen LogP contribution in [0, 0.1) is 0 Å². The standard InChI is InChI=1S/C19H13F3N2O/c20-19(21,22)16-8-4-7-14(9-16)15-10-17(12-23-11-15)24-18(25)13-5-2-1-3-6-13/h1-12H,(H,24,25). The third kappa shape index (κ3) is 4.03. The lowest BCUT2D eigenvalue weighted by atomic mass is 10.0. The van der Waals surface area contributed by atoms with Crippen molar-refractivity contribution in [1.82, 2.24) is 4.98 Å². The fraction of sp³-hybridized carbons (Fsp3) is 0.0526. The van der Waals surface area contributed by atoms with Gasteiger partial charge in [0.15, 0.2) is 0 Å². The minimum absolute atomic E-state index is 0.316. The van der Waals surface area contributed by atoms with Gasteiger partial charge >= 0.3 is 6.18 Å². The first-order valence-electron chi connectivity index (χ1n) is 7.42. The number of amides is 1. The molecule has 3 aromatic rings. The Bertz CT molecular complexity index is 892. The molecule has 0 bridgehead atoms. The van der Waals surface area contributed by atoms with E-state index in [0.29, 0.717) is 22.4 Å². The minimum atomic E-state index is -4.41. The summed E-state index contributed by atoms with van der Waals surface area (Å²) in [5.41, 5.74) is 1.01. The second-order valence-electron chi connectivity index (χ2n) is 5.36. The molecule has 2 aromatic carbocycles. The van der Waals surface area contributed by atoms with Crippen LogP contribution in [0.5, 0.6) is 0 Å². The molecule has 0 unspecified atom stereocenters. The van der Waals surface area contributed by atoms with E-state index in [-0.39, 0.29) is 5.91 Å². The van der Waals surface area contributed by atoms with Crippen molar-refractivity contribution < 1.29 is 18.0 Å². The summed E-state index contributed by atoms with van der Waals surface area (Å²) >= 11 is 0. The first kappa shape index (κ1) is 16.7. The Morgan fingerprint density at radius 3 is 2.36 bits per heavy atom. The number of anilines is 1. The fourth-order valence-corrected chi connectivity index (χ4v) is 2.33. The van der Waals surface area contributed by atoms with Crippen molar-refractivity contribution in [3.8, 4) is 11.1 Å². The molecule has 0 spiro atoms. The number of halogens is 3. The second kappa shape index (κ2) is 6.76. The van der Waals surface area contributed by atoms with Crippen LogP contribution in [0.4, 0.5) is 18.9 Å². The molecule has 1 aromatic heterocycles. The zero-order chi connectivity index (χ0) is 17.9. The zero-order valence-electron chi connectivity index (χ0n) is 12.9. The number of aromatic nitrogens is 1. The highest BCUT2D eigenvalue weighted by atomic mass is 19.4. The molecule has 1 amide bonds. The Kier molecular flexibility index (Phi) is 4.52. The number of carbonyl (C=O) groups is 1. The molecular weight excluding hydrogens is 329 g/mol. The van der Waals surface area contributed by atoms with Gasteiger partial charge in [-0.15, -0.1) is 0 Å². The molecule has 1 heterocycles. The number of nitrogens with zero attached hydrogens (tertiary/aromatic N) is 1. The second-order valence-corrected chi connectivity index (χ2v) is 5.36. The molecule has 0 fully saturated rings. The molecule has 126 valence electrons. The van der Waals surface area contributed by atoms with Crippen LogP contribution in [-0.2, 0) is 6.18 Å². The predicted octanol–water partition coefficient (Wildman–Crippen LogP) is 5.02. The van der Waals surface area contributed by atoms with Gasteiger partial charge in [-0.3, -0.25) is 9.78 Å². The Morgan fingerprint density at radius 1 is 0.880 bits per heavy atom. The van der Waals surface area contributed by atoms with E-state index in [1.807, 2.05) is 0 Å². The molecular formula is C19H13F3N2O. The van der Waals surface area contributed by atoms with Crippen LogP contribution in [0.25, 0.3) is 11.1 Å². The molecule has 0 radical (unpaired) electrons. The monoisotopic (exact) mass is 342 g/mol. The van der Waals surface area contributed by atoms with E-state index < -0.39 is 11.7 Å². The average Bonchev–Trinajstić information content (AvgIpc) is 2.62. The van der Waals surface area contributed by atoms with E-state index in [1.54, 1.807) is 42.5 Å². The van der Waals surface area contributed by atoms with Gasteiger partial charge in [0.05, 0.1) is 17.4 Å². The van der Waals surface area contributed by atoms with Gasteiger partial charge in [0.2, 0.25) is 0 Å². The number of hydrogen-bond donors (Lipinski definition) is 1. The molecule has 0 saturated carbocycles. The Labute approximate surface area is 142 Å². The molecule has 1 N–H and O–H groups in total. The Balaban J connectivity index is 1.86. The van der Waals surface area contributed by atoms with Crippen molar-refractivity contribution in [2.45, 2.75) is 6.18 Å². The van der Waals surface area contributed by atoms with E-state index in [1.165, 1.54) is 18.5 Å². The minimum Gasteiger partial charge on any atom is -0.321 e. The summed E-state index contributed by atoms with van der Waals surface area (Å²) in [7, 11) is 0. The molecule has 0 aliphatic rings. The lowest BCUT2D eigenvalue weighted by Gasteiger charge is -2.10. The van der Waals surface area contributed by atoms with Crippen molar-refractivity contribution in [2.24, 2.45) is 0 Å². The Morgan fingerprint density at radius 2 is 1.64 bits per heavy atom. The van der Waals surface area contributed by atoms with E-state index in [4.69, 9.17) is 0 Å². The van der Waals surface area contributed by atoms with Crippen molar-refractivity contribution in [3.63, 3.8) is 0 Å². The molecule has 3 nitrogen and oxygen atoms in total. The summed E-state index contributed by atoms with van der Waals surface area (Å²) in [6.45, 7) is 0. The highest BCUT2D eigenvalue weighted by molar-refractivity contribution is 6.04. The molecule has 25 heavy (non-hydrogen) atoms. The van der Waals surface area contributed by atoms with Crippen LogP contribution in [0.15, 0.2) is 73.1 Å². The van der Waals surface area contributed by atoms with Crippen molar-refractivity contribution in [1.29, 1.82) is 0 Å². The van der Waals surface area contributed by atoms with Crippen LogP contribution in [0.2, 0.25) is 0 Å². The fourth-order valence-electron chi connectivity index (χ4n) is 2.33. The number of alkyl halides is 3. The highest BCUT2D eigenvalue weighted by Gasteiger charge is 2.30. The molecule has 0 saturated heterocycles. The quantitative estimate of drug-likeness (QED) is 0.726. The molecule has 0 atom stereocenters. The van der Waals surface area contributed by atoms with Gasteiger partial charge in [-0.25, -0.2) is 0 Å². The zero-order valence-corrected chi connectivity index (χ0v) is 12.9. The Hall–Kier alpha value is -3.15. The largest absolute Gasteiger partial charge is 0.416 e. The average molecular weight is 342 g/mol. The number of hydrogen-bond acceptors (Lipinski definition) is 2. The van der Waals surface area contributed by atoms with Crippen LogP contribution < -0.4 is 5.32 Å². The molecule has 3 rings (SSSR count). The number of benzene rings is 2. The topological polar surface area (TPSA) is 42.0 Å². The lowest BCUT2D eigenvalue weighted by molar-refractivity contribution is -0.137. The van der Waals surface area contributed by atoms with Crippen molar-refractivity contribution in [2.75, 3.05) is 5.32 Å². The van der Waals surface area contributed by atoms with Crippen LogP contribution in [-0.4, -0.2) is 10.9 Å². The highest BCUT2D eigenvalue weighted by Crippen LogP contribution is 2.32. The maximum atomic E-state index is 12.8. The first-order valence-corrected chi connectivity index (χ1v) is 7.42. The van der Waals surface area contributed by atoms with E-state index >= 15 is 0 Å². The van der Waals surface area contributed by atoms with E-state index in [2.05, 4.69) is 10.3 Å². The van der Waals surface area contributed by atoms with Gasteiger partial charge < -0.3 is 5.32 Å². The van der Waals surface area contributed by atoms with Gasteiger partial charge in [0.25, 0.3) is 5.91 Å². The van der Waals surface area contributed by atoms with Gasteiger partial charge in [0, 0.05) is 17.3 Å².